The molecule has 0 fully saturated rings. The maximum Gasteiger partial charge on any atom is 0.416 e. The summed E-state index contributed by atoms with van der Waals surface area (Å²) in [6.45, 7) is 1.95. The fourth-order valence-corrected chi connectivity index (χ4v) is 5.99. The number of thiophene rings is 1. The number of alkyl halides is 3. The lowest BCUT2D eigenvalue weighted by Gasteiger charge is -2.41. The van der Waals surface area contributed by atoms with E-state index >= 15 is 0 Å². The molecule has 35 heavy (non-hydrogen) atoms. The van der Waals surface area contributed by atoms with Crippen LogP contribution in [0.2, 0.25) is 5.02 Å². The van der Waals surface area contributed by atoms with E-state index in [0.717, 1.165) is 21.9 Å². The Balaban J connectivity index is 1.86. The van der Waals surface area contributed by atoms with Crippen molar-refractivity contribution in [2.75, 3.05) is 4.90 Å². The van der Waals surface area contributed by atoms with Gasteiger partial charge in [0, 0.05) is 39.8 Å². The molecule has 0 N–H and O–H groups in total. The highest BCUT2D eigenvalue weighted by Crippen LogP contribution is 2.51. The van der Waals surface area contributed by atoms with Crippen LogP contribution in [0.25, 0.3) is 5.82 Å². The third-order valence-electron chi connectivity index (χ3n) is 6.26. The Morgan fingerprint density at radius 3 is 2.51 bits per heavy atom. The van der Waals surface area contributed by atoms with Crippen molar-refractivity contribution in [1.29, 1.82) is 5.26 Å². The first kappa shape index (κ1) is 23.5. The van der Waals surface area contributed by atoms with E-state index in [1.807, 2.05) is 19.1 Å². The third kappa shape index (κ3) is 3.99. The first-order valence-corrected chi connectivity index (χ1v) is 12.2. The summed E-state index contributed by atoms with van der Waals surface area (Å²) in [5.41, 5.74) is 0.550. The number of nitrogens with zero attached hydrogens (tertiary/aromatic N) is 3. The van der Waals surface area contributed by atoms with Gasteiger partial charge in [0.25, 0.3) is 0 Å². The van der Waals surface area contributed by atoms with Crippen LogP contribution in [0.3, 0.4) is 0 Å². The predicted molar refractivity (Wildman–Crippen MR) is 130 cm³/mol. The molecule has 2 aliphatic rings. The number of nitriles is 1. The number of halogens is 4. The SMILES string of the molecule is Cc1ccc([C@H]2C(C#N)=C(n3cccc3)N(c3cc(C(F)(F)F)ccc3Cl)C3=C2C(=O)CCC3)s1. The average Bonchev–Trinajstić information content (AvgIpc) is 3.49. The molecule has 0 saturated heterocycles. The molecule has 9 heteroatoms. The van der Waals surface area contributed by atoms with Gasteiger partial charge >= 0.3 is 6.18 Å². The number of carbonyl (C=O) groups excluding carboxylic acids is 1. The van der Waals surface area contributed by atoms with Gasteiger partial charge in [0.05, 0.1) is 33.8 Å². The monoisotopic (exact) mass is 513 g/mol. The Hall–Kier alpha value is -3.28. The van der Waals surface area contributed by atoms with Crippen molar-refractivity contribution in [1.82, 2.24) is 4.57 Å². The molecule has 2 aromatic heterocycles. The summed E-state index contributed by atoms with van der Waals surface area (Å²) in [7, 11) is 0. The van der Waals surface area contributed by atoms with Crippen LogP contribution in [-0.2, 0) is 11.0 Å². The van der Waals surface area contributed by atoms with E-state index < -0.39 is 17.7 Å². The second-order valence-electron chi connectivity index (χ2n) is 8.46. The molecule has 0 amide bonds. The standard InChI is InChI=1S/C26H19ClF3N3OS/c1-15-7-10-22(35-15)23-17(14-31)25(32-11-2-3-12-32)33(19-5-4-6-21(34)24(19)23)20-13-16(26(28,29)30)8-9-18(20)27/h2-3,7-13,23H,4-6H2,1H3/t23-/m1/s1. The van der Waals surface area contributed by atoms with Gasteiger partial charge in [0.1, 0.15) is 5.82 Å². The lowest BCUT2D eigenvalue weighted by Crippen LogP contribution is -2.36. The van der Waals surface area contributed by atoms with E-state index in [1.54, 1.807) is 34.0 Å². The predicted octanol–water partition coefficient (Wildman–Crippen LogP) is 7.53. The highest BCUT2D eigenvalue weighted by molar-refractivity contribution is 7.12. The van der Waals surface area contributed by atoms with Crippen molar-refractivity contribution in [3.05, 3.63) is 92.0 Å². The zero-order chi connectivity index (χ0) is 24.9. The largest absolute Gasteiger partial charge is 0.416 e. The highest BCUT2D eigenvalue weighted by atomic mass is 35.5. The number of benzene rings is 1. The molecule has 0 unspecified atom stereocenters. The second-order valence-corrected chi connectivity index (χ2v) is 10.2. The van der Waals surface area contributed by atoms with Gasteiger partial charge in [-0.3, -0.25) is 9.69 Å². The Bertz CT molecular complexity index is 1430. The number of aromatic nitrogens is 1. The minimum atomic E-state index is -4.58. The van der Waals surface area contributed by atoms with Crippen LogP contribution in [0.1, 0.15) is 40.5 Å². The molecule has 0 bridgehead atoms. The topological polar surface area (TPSA) is 49.0 Å². The number of Topliss-reactive ketones (excluding diaryl/α,β-unsaturated/α-hetero) is 1. The first-order valence-electron chi connectivity index (χ1n) is 11.0. The minimum absolute atomic E-state index is 0.0842. The number of carbonyl (C=O) groups is 1. The van der Waals surface area contributed by atoms with E-state index in [2.05, 4.69) is 6.07 Å². The molecule has 3 heterocycles. The van der Waals surface area contributed by atoms with Gasteiger partial charge in [-0.05, 0) is 62.2 Å². The molecule has 178 valence electrons. The summed E-state index contributed by atoms with van der Waals surface area (Å²) in [5, 5.41) is 10.5. The molecule has 5 rings (SSSR count). The average molecular weight is 514 g/mol. The van der Waals surface area contributed by atoms with Crippen molar-refractivity contribution in [3.8, 4) is 6.07 Å². The zero-order valence-electron chi connectivity index (χ0n) is 18.6. The van der Waals surface area contributed by atoms with Gasteiger partial charge in [-0.25, -0.2) is 0 Å². The molecule has 4 nitrogen and oxygen atoms in total. The summed E-state index contributed by atoms with van der Waals surface area (Å²) in [6.07, 6.45) is 0.227. The molecular formula is C26H19ClF3N3OS. The number of aryl methyl sites for hydroxylation is 1. The van der Waals surface area contributed by atoms with E-state index in [-0.39, 0.29) is 22.1 Å². The molecule has 0 spiro atoms. The van der Waals surface area contributed by atoms with Crippen LogP contribution in [0.5, 0.6) is 0 Å². The van der Waals surface area contributed by atoms with Gasteiger partial charge in [0.2, 0.25) is 0 Å². The number of anilines is 1. The summed E-state index contributed by atoms with van der Waals surface area (Å²) in [5.74, 6) is -0.322. The maximum absolute atomic E-state index is 13.7. The van der Waals surface area contributed by atoms with E-state index in [4.69, 9.17) is 11.6 Å². The van der Waals surface area contributed by atoms with Crippen molar-refractivity contribution in [2.45, 2.75) is 38.3 Å². The molecule has 0 saturated carbocycles. The number of hydrogen-bond donors (Lipinski definition) is 0. The van der Waals surface area contributed by atoms with Crippen LogP contribution in [0.4, 0.5) is 18.9 Å². The van der Waals surface area contributed by atoms with E-state index in [0.29, 0.717) is 36.4 Å². The molecule has 1 aliphatic heterocycles. The van der Waals surface area contributed by atoms with Gasteiger partial charge in [-0.15, -0.1) is 11.3 Å². The fraction of sp³-hybridized carbons (Fsp3) is 0.231. The molecule has 1 aromatic carbocycles. The third-order valence-corrected chi connectivity index (χ3v) is 7.64. The Kier molecular flexibility index (Phi) is 5.86. The lowest BCUT2D eigenvalue weighted by atomic mass is 9.78. The molecule has 1 aliphatic carbocycles. The number of hydrogen-bond acceptors (Lipinski definition) is 4. The number of rotatable bonds is 3. The van der Waals surface area contributed by atoms with Crippen LogP contribution in [-0.4, -0.2) is 10.4 Å². The van der Waals surface area contributed by atoms with E-state index in [1.165, 1.54) is 17.4 Å². The zero-order valence-corrected chi connectivity index (χ0v) is 20.1. The van der Waals surface area contributed by atoms with E-state index in [9.17, 15) is 23.2 Å². The second kappa shape index (κ2) is 8.74. The van der Waals surface area contributed by atoms with Crippen LogP contribution in [0.15, 0.2) is 71.7 Å². The normalized spacial score (nSPS) is 18.7. The molecule has 3 aromatic rings. The van der Waals surface area contributed by atoms with Crippen molar-refractivity contribution in [2.24, 2.45) is 0 Å². The van der Waals surface area contributed by atoms with Gasteiger partial charge in [-0.2, -0.15) is 18.4 Å². The fourth-order valence-electron chi connectivity index (χ4n) is 4.79. The molecular weight excluding hydrogens is 495 g/mol. The number of allylic oxidation sites excluding steroid dienone is 3. The Morgan fingerprint density at radius 2 is 1.89 bits per heavy atom. The quantitative estimate of drug-likeness (QED) is 0.363. The summed E-state index contributed by atoms with van der Waals surface area (Å²) in [4.78, 5) is 16.8. The van der Waals surface area contributed by atoms with Crippen LogP contribution >= 0.6 is 22.9 Å². The summed E-state index contributed by atoms with van der Waals surface area (Å²) < 4.78 is 42.7. The highest BCUT2D eigenvalue weighted by Gasteiger charge is 2.43. The summed E-state index contributed by atoms with van der Waals surface area (Å²) >= 11 is 7.99. The molecule has 1 atom stereocenters. The van der Waals surface area contributed by atoms with Gasteiger partial charge in [-0.1, -0.05) is 11.6 Å². The Morgan fingerprint density at radius 1 is 1.14 bits per heavy atom. The lowest BCUT2D eigenvalue weighted by molar-refractivity contribution is -0.137. The summed E-state index contributed by atoms with van der Waals surface area (Å²) in [6, 6.07) is 12.8. The van der Waals surface area contributed by atoms with Gasteiger partial charge < -0.3 is 4.57 Å². The first-order chi connectivity index (χ1) is 16.7. The Labute approximate surface area is 209 Å². The van der Waals surface area contributed by atoms with Crippen molar-refractivity contribution in [3.63, 3.8) is 0 Å². The van der Waals surface area contributed by atoms with Crippen molar-refractivity contribution < 1.29 is 18.0 Å². The minimum Gasteiger partial charge on any atom is -0.309 e. The van der Waals surface area contributed by atoms with Crippen LogP contribution in [0, 0.1) is 18.3 Å². The van der Waals surface area contributed by atoms with Crippen LogP contribution < -0.4 is 4.90 Å². The maximum atomic E-state index is 13.7. The van der Waals surface area contributed by atoms with Crippen molar-refractivity contribution >= 4 is 40.2 Å². The van der Waals surface area contributed by atoms with Gasteiger partial charge in [0.15, 0.2) is 5.78 Å². The molecule has 0 radical (unpaired) electrons. The number of ketones is 1. The smallest absolute Gasteiger partial charge is 0.309 e.